The van der Waals surface area contributed by atoms with Gasteiger partial charge in [0.25, 0.3) is 0 Å². The lowest BCUT2D eigenvalue weighted by Crippen LogP contribution is -2.23. The van der Waals surface area contributed by atoms with Crippen LogP contribution in [0.4, 0.5) is 10.5 Å². The molecule has 0 saturated heterocycles. The maximum Gasteiger partial charge on any atom is 0.511 e. The standard InChI is InChI=1S/C28H33NO5/c1-4-20-18-23(10-14-26(20)29(5-2)6-3)25-19-22(11-15-27(25)33-17-7-16-30)21-8-12-24(13-9-21)34-28(31)32/h8-15,18-19,30H,4-7,16-17H2,1-3H3,(H,31,32). The van der Waals surface area contributed by atoms with Crippen LogP contribution < -0.4 is 14.4 Å². The third-order valence-electron chi connectivity index (χ3n) is 5.81. The van der Waals surface area contributed by atoms with E-state index in [1.54, 1.807) is 12.1 Å². The Hall–Kier alpha value is -3.51. The SMILES string of the molecule is CCc1cc(-c2cc(-c3ccc(OC(=O)O)cc3)ccc2OCCCO)ccc1N(CC)CC. The number of benzene rings is 3. The maximum atomic E-state index is 10.8. The van der Waals surface area contributed by atoms with Crippen LogP contribution in [0.3, 0.4) is 0 Å². The number of ether oxygens (including phenoxy) is 2. The Balaban J connectivity index is 2.03. The topological polar surface area (TPSA) is 79.2 Å². The second-order valence-corrected chi connectivity index (χ2v) is 7.90. The third-order valence-corrected chi connectivity index (χ3v) is 5.81. The van der Waals surface area contributed by atoms with E-state index in [4.69, 9.17) is 19.7 Å². The summed E-state index contributed by atoms with van der Waals surface area (Å²) in [5.41, 5.74) is 6.50. The van der Waals surface area contributed by atoms with E-state index in [1.165, 1.54) is 11.3 Å². The maximum absolute atomic E-state index is 10.8. The Morgan fingerprint density at radius 1 is 0.882 bits per heavy atom. The van der Waals surface area contributed by atoms with Gasteiger partial charge in [0.15, 0.2) is 0 Å². The molecule has 0 aliphatic rings. The summed E-state index contributed by atoms with van der Waals surface area (Å²) in [6, 6.07) is 19.5. The number of nitrogens with zero attached hydrogens (tertiary/aromatic N) is 1. The molecule has 3 aromatic rings. The van der Waals surface area contributed by atoms with Gasteiger partial charge >= 0.3 is 6.16 Å². The number of hydrogen-bond donors (Lipinski definition) is 2. The molecular weight excluding hydrogens is 430 g/mol. The molecule has 0 bridgehead atoms. The quantitative estimate of drug-likeness (QED) is 0.199. The number of aliphatic hydroxyl groups is 1. The minimum Gasteiger partial charge on any atom is -0.493 e. The average Bonchev–Trinajstić information content (AvgIpc) is 2.85. The molecule has 0 aliphatic carbocycles. The highest BCUT2D eigenvalue weighted by Gasteiger charge is 2.14. The van der Waals surface area contributed by atoms with E-state index in [0.29, 0.717) is 13.0 Å². The van der Waals surface area contributed by atoms with Crippen LogP contribution >= 0.6 is 0 Å². The Morgan fingerprint density at radius 2 is 1.56 bits per heavy atom. The molecule has 180 valence electrons. The molecule has 6 heteroatoms. The smallest absolute Gasteiger partial charge is 0.493 e. The van der Waals surface area contributed by atoms with Gasteiger partial charge in [-0.25, -0.2) is 4.79 Å². The van der Waals surface area contributed by atoms with Crippen LogP contribution in [0.25, 0.3) is 22.3 Å². The monoisotopic (exact) mass is 463 g/mol. The van der Waals surface area contributed by atoms with Crippen molar-refractivity contribution in [1.29, 1.82) is 0 Å². The van der Waals surface area contributed by atoms with Gasteiger partial charge in [-0.1, -0.05) is 31.2 Å². The van der Waals surface area contributed by atoms with Crippen LogP contribution in [0, 0.1) is 0 Å². The van der Waals surface area contributed by atoms with Crippen molar-refractivity contribution in [3.63, 3.8) is 0 Å². The Labute approximate surface area is 201 Å². The van der Waals surface area contributed by atoms with Crippen LogP contribution in [-0.4, -0.2) is 42.7 Å². The largest absolute Gasteiger partial charge is 0.511 e. The summed E-state index contributed by atoms with van der Waals surface area (Å²) in [6.07, 6.45) is 0.151. The van der Waals surface area contributed by atoms with Gasteiger partial charge in [-0.3, -0.25) is 0 Å². The number of rotatable bonds is 11. The van der Waals surface area contributed by atoms with Crippen molar-refractivity contribution in [3.05, 3.63) is 66.2 Å². The molecule has 0 aliphatic heterocycles. The molecule has 3 rings (SSSR count). The fourth-order valence-corrected chi connectivity index (χ4v) is 4.03. The van der Waals surface area contributed by atoms with Crippen molar-refractivity contribution in [1.82, 2.24) is 0 Å². The first-order valence-corrected chi connectivity index (χ1v) is 11.8. The van der Waals surface area contributed by atoms with Crippen LogP contribution in [0.2, 0.25) is 0 Å². The van der Waals surface area contributed by atoms with E-state index in [9.17, 15) is 4.79 Å². The lowest BCUT2D eigenvalue weighted by molar-refractivity contribution is 0.144. The van der Waals surface area contributed by atoms with Gasteiger partial charge in [-0.05, 0) is 78.9 Å². The fraction of sp³-hybridized carbons (Fsp3) is 0.321. The predicted molar refractivity (Wildman–Crippen MR) is 136 cm³/mol. The highest BCUT2D eigenvalue weighted by atomic mass is 16.7. The third kappa shape index (κ3) is 6.08. The van der Waals surface area contributed by atoms with Crippen molar-refractivity contribution in [2.45, 2.75) is 33.6 Å². The van der Waals surface area contributed by atoms with E-state index >= 15 is 0 Å². The minimum absolute atomic E-state index is 0.0801. The normalized spacial score (nSPS) is 10.7. The summed E-state index contributed by atoms with van der Waals surface area (Å²) < 4.78 is 10.7. The molecule has 0 atom stereocenters. The molecule has 0 amide bonds. The zero-order chi connectivity index (χ0) is 24.5. The van der Waals surface area contributed by atoms with Crippen molar-refractivity contribution >= 4 is 11.8 Å². The molecule has 0 unspecified atom stereocenters. The molecule has 6 nitrogen and oxygen atoms in total. The number of aryl methyl sites for hydroxylation is 1. The van der Waals surface area contributed by atoms with E-state index in [0.717, 1.165) is 47.5 Å². The van der Waals surface area contributed by atoms with Crippen molar-refractivity contribution in [2.75, 3.05) is 31.2 Å². The zero-order valence-corrected chi connectivity index (χ0v) is 20.1. The van der Waals surface area contributed by atoms with E-state index in [-0.39, 0.29) is 12.4 Å². The molecule has 3 aromatic carbocycles. The predicted octanol–water partition coefficient (Wildman–Crippen LogP) is 6.25. The van der Waals surface area contributed by atoms with Crippen molar-refractivity contribution in [3.8, 4) is 33.8 Å². The first kappa shape index (κ1) is 25.1. The van der Waals surface area contributed by atoms with Gasteiger partial charge < -0.3 is 24.6 Å². The number of aliphatic hydroxyl groups excluding tert-OH is 1. The molecule has 0 fully saturated rings. The van der Waals surface area contributed by atoms with Crippen LogP contribution in [-0.2, 0) is 6.42 Å². The van der Waals surface area contributed by atoms with Crippen molar-refractivity contribution in [2.24, 2.45) is 0 Å². The summed E-state index contributed by atoms with van der Waals surface area (Å²) in [6.45, 7) is 8.92. The fourth-order valence-electron chi connectivity index (χ4n) is 4.03. The molecular formula is C28H33NO5. The summed E-state index contributed by atoms with van der Waals surface area (Å²) in [5, 5.41) is 18.0. The Morgan fingerprint density at radius 3 is 2.18 bits per heavy atom. The van der Waals surface area contributed by atoms with E-state index in [1.807, 2.05) is 24.3 Å². The molecule has 0 aromatic heterocycles. The van der Waals surface area contributed by atoms with Crippen LogP contribution in [0.5, 0.6) is 11.5 Å². The number of anilines is 1. The number of hydrogen-bond acceptors (Lipinski definition) is 5. The van der Waals surface area contributed by atoms with Crippen molar-refractivity contribution < 1.29 is 24.5 Å². The lowest BCUT2D eigenvalue weighted by Gasteiger charge is -2.25. The average molecular weight is 464 g/mol. The number of carbonyl (C=O) groups is 1. The summed E-state index contributed by atoms with van der Waals surface area (Å²) >= 11 is 0. The summed E-state index contributed by atoms with van der Waals surface area (Å²) in [7, 11) is 0. The summed E-state index contributed by atoms with van der Waals surface area (Å²) in [4.78, 5) is 13.1. The molecule has 0 heterocycles. The second-order valence-electron chi connectivity index (χ2n) is 7.90. The minimum atomic E-state index is -1.33. The molecule has 34 heavy (non-hydrogen) atoms. The van der Waals surface area contributed by atoms with Gasteiger partial charge in [-0.2, -0.15) is 0 Å². The molecule has 2 N–H and O–H groups in total. The lowest BCUT2D eigenvalue weighted by atomic mass is 9.95. The van der Waals surface area contributed by atoms with Gasteiger partial charge in [-0.15, -0.1) is 0 Å². The number of carboxylic acid groups (broad SMARTS) is 1. The first-order chi connectivity index (χ1) is 16.5. The van der Waals surface area contributed by atoms with Gasteiger partial charge in [0.2, 0.25) is 0 Å². The first-order valence-electron chi connectivity index (χ1n) is 11.8. The molecule has 0 saturated carbocycles. The highest BCUT2D eigenvalue weighted by molar-refractivity contribution is 5.79. The van der Waals surface area contributed by atoms with E-state index < -0.39 is 6.16 Å². The van der Waals surface area contributed by atoms with Crippen LogP contribution in [0.15, 0.2) is 60.7 Å². The summed E-state index contributed by atoms with van der Waals surface area (Å²) in [5.74, 6) is 1.04. The molecule has 0 spiro atoms. The van der Waals surface area contributed by atoms with Gasteiger partial charge in [0.1, 0.15) is 11.5 Å². The van der Waals surface area contributed by atoms with Crippen LogP contribution in [0.1, 0.15) is 32.8 Å². The van der Waals surface area contributed by atoms with Gasteiger partial charge in [0, 0.05) is 37.4 Å². The zero-order valence-electron chi connectivity index (χ0n) is 20.1. The molecule has 0 radical (unpaired) electrons. The second kappa shape index (κ2) is 12.1. The van der Waals surface area contributed by atoms with E-state index in [2.05, 4.69) is 49.9 Å². The van der Waals surface area contributed by atoms with Gasteiger partial charge in [0.05, 0.1) is 6.61 Å². The highest BCUT2D eigenvalue weighted by Crippen LogP contribution is 2.37. The Kier molecular flexibility index (Phi) is 8.93. The Bertz CT molecular complexity index is 1090.